The van der Waals surface area contributed by atoms with E-state index in [2.05, 4.69) is 5.32 Å². The standard InChI is InChI=1S/C20H21ClFNO3/c1-24-17-9-11(8-15(21)20(17)25-2)18-13-4-3-7-26-19(13)14-10-12(22)5-6-16(14)23-18/h5-6,8-10,13,18-19,23H,3-4,7H2,1-2H3. The SMILES string of the molecule is COc1cc(C2Nc3ccc(F)cc3C3OCCCC23)cc(Cl)c1OC. The smallest absolute Gasteiger partial charge is 0.179 e. The quantitative estimate of drug-likeness (QED) is 0.804. The monoisotopic (exact) mass is 377 g/mol. The van der Waals surface area contributed by atoms with Gasteiger partial charge in [-0.05, 0) is 48.7 Å². The van der Waals surface area contributed by atoms with E-state index < -0.39 is 0 Å². The van der Waals surface area contributed by atoms with Crippen LogP contribution in [0.3, 0.4) is 0 Å². The topological polar surface area (TPSA) is 39.7 Å². The van der Waals surface area contributed by atoms with Gasteiger partial charge in [-0.1, -0.05) is 11.6 Å². The molecule has 4 nitrogen and oxygen atoms in total. The second kappa shape index (κ2) is 6.97. The molecule has 0 saturated carbocycles. The maximum Gasteiger partial charge on any atom is 0.179 e. The van der Waals surface area contributed by atoms with Crippen LogP contribution in [0, 0.1) is 11.7 Å². The molecule has 2 heterocycles. The third-order valence-electron chi connectivity index (χ3n) is 5.24. The van der Waals surface area contributed by atoms with E-state index in [0.717, 1.165) is 29.7 Å². The third-order valence-corrected chi connectivity index (χ3v) is 5.52. The van der Waals surface area contributed by atoms with Crippen molar-refractivity contribution in [3.05, 3.63) is 52.3 Å². The van der Waals surface area contributed by atoms with Gasteiger partial charge in [0.2, 0.25) is 0 Å². The van der Waals surface area contributed by atoms with Crippen LogP contribution >= 0.6 is 11.6 Å². The summed E-state index contributed by atoms with van der Waals surface area (Å²) in [5.41, 5.74) is 2.78. The Morgan fingerprint density at radius 1 is 1.19 bits per heavy atom. The number of halogens is 2. The van der Waals surface area contributed by atoms with Crippen molar-refractivity contribution >= 4 is 17.3 Å². The van der Waals surface area contributed by atoms with E-state index in [0.29, 0.717) is 23.1 Å². The highest BCUT2D eigenvalue weighted by Gasteiger charge is 2.40. The van der Waals surface area contributed by atoms with E-state index in [1.54, 1.807) is 26.4 Å². The summed E-state index contributed by atoms with van der Waals surface area (Å²) in [4.78, 5) is 0. The van der Waals surface area contributed by atoms with Crippen LogP contribution in [0.1, 0.15) is 36.1 Å². The van der Waals surface area contributed by atoms with Crippen molar-refractivity contribution < 1.29 is 18.6 Å². The Kier molecular flexibility index (Phi) is 4.67. The van der Waals surface area contributed by atoms with Gasteiger partial charge in [-0.3, -0.25) is 0 Å². The molecule has 6 heteroatoms. The van der Waals surface area contributed by atoms with Crippen LogP contribution in [0.25, 0.3) is 0 Å². The first-order chi connectivity index (χ1) is 12.6. The molecule has 0 aliphatic carbocycles. The first-order valence-corrected chi connectivity index (χ1v) is 9.09. The summed E-state index contributed by atoms with van der Waals surface area (Å²) in [5, 5.41) is 4.06. The normalized spacial score (nSPS) is 24.2. The number of hydrogen-bond donors (Lipinski definition) is 1. The van der Waals surface area contributed by atoms with E-state index in [4.69, 9.17) is 25.8 Å². The zero-order chi connectivity index (χ0) is 18.3. The first-order valence-electron chi connectivity index (χ1n) is 8.71. The minimum Gasteiger partial charge on any atom is -0.493 e. The summed E-state index contributed by atoms with van der Waals surface area (Å²) in [6.07, 6.45) is 1.84. The van der Waals surface area contributed by atoms with Gasteiger partial charge in [-0.2, -0.15) is 0 Å². The summed E-state index contributed by atoms with van der Waals surface area (Å²) < 4.78 is 30.6. The Balaban J connectivity index is 1.79. The summed E-state index contributed by atoms with van der Waals surface area (Å²) in [6.45, 7) is 0.691. The van der Waals surface area contributed by atoms with Crippen molar-refractivity contribution in [3.63, 3.8) is 0 Å². The lowest BCUT2D eigenvalue weighted by Crippen LogP contribution is -2.36. The number of ether oxygens (including phenoxy) is 3. The van der Waals surface area contributed by atoms with Crippen molar-refractivity contribution in [1.29, 1.82) is 0 Å². The number of anilines is 1. The molecule has 2 aliphatic heterocycles. The van der Waals surface area contributed by atoms with E-state index in [1.165, 1.54) is 6.07 Å². The average molecular weight is 378 g/mol. The van der Waals surface area contributed by atoms with Crippen LogP contribution in [0.4, 0.5) is 10.1 Å². The molecule has 4 rings (SSSR count). The molecule has 3 unspecified atom stereocenters. The number of fused-ring (bicyclic) bond motifs is 3. The van der Waals surface area contributed by atoms with E-state index in [-0.39, 0.29) is 23.9 Å². The van der Waals surface area contributed by atoms with E-state index in [9.17, 15) is 4.39 Å². The largest absolute Gasteiger partial charge is 0.493 e. The van der Waals surface area contributed by atoms with Crippen molar-refractivity contribution in [2.45, 2.75) is 25.0 Å². The molecular weight excluding hydrogens is 357 g/mol. The Hall–Kier alpha value is -1.98. The Morgan fingerprint density at radius 2 is 2.04 bits per heavy atom. The van der Waals surface area contributed by atoms with E-state index in [1.807, 2.05) is 12.1 Å². The van der Waals surface area contributed by atoms with Gasteiger partial charge in [-0.15, -0.1) is 0 Å². The number of nitrogens with one attached hydrogen (secondary N) is 1. The molecule has 138 valence electrons. The molecule has 2 aliphatic rings. The molecule has 0 aromatic heterocycles. The molecule has 0 spiro atoms. The van der Waals surface area contributed by atoms with Gasteiger partial charge in [0.1, 0.15) is 5.82 Å². The van der Waals surface area contributed by atoms with Gasteiger partial charge in [-0.25, -0.2) is 4.39 Å². The minimum atomic E-state index is -0.244. The third kappa shape index (κ3) is 2.89. The van der Waals surface area contributed by atoms with Gasteiger partial charge in [0.15, 0.2) is 11.5 Å². The molecule has 0 amide bonds. The average Bonchev–Trinajstić information content (AvgIpc) is 2.66. The van der Waals surface area contributed by atoms with Gasteiger partial charge < -0.3 is 19.5 Å². The lowest BCUT2D eigenvalue weighted by Gasteiger charge is -2.43. The Morgan fingerprint density at radius 3 is 2.81 bits per heavy atom. The molecule has 1 N–H and O–H groups in total. The highest BCUT2D eigenvalue weighted by Crippen LogP contribution is 2.50. The lowest BCUT2D eigenvalue weighted by molar-refractivity contribution is -0.0383. The second-order valence-electron chi connectivity index (χ2n) is 6.69. The Labute approximate surface area is 157 Å². The van der Waals surface area contributed by atoms with Crippen LogP contribution in [-0.2, 0) is 4.74 Å². The lowest BCUT2D eigenvalue weighted by atomic mass is 9.77. The van der Waals surface area contributed by atoms with Crippen molar-refractivity contribution in [2.75, 3.05) is 26.1 Å². The van der Waals surface area contributed by atoms with Crippen LogP contribution in [0.5, 0.6) is 11.5 Å². The van der Waals surface area contributed by atoms with Gasteiger partial charge in [0, 0.05) is 23.8 Å². The fraction of sp³-hybridized carbons (Fsp3) is 0.400. The van der Waals surface area contributed by atoms with Crippen LogP contribution in [-0.4, -0.2) is 20.8 Å². The van der Waals surface area contributed by atoms with Crippen molar-refractivity contribution in [1.82, 2.24) is 0 Å². The minimum absolute atomic E-state index is 0.00410. The maximum atomic E-state index is 13.8. The predicted octanol–water partition coefficient (Wildman–Crippen LogP) is 5.13. The molecule has 3 atom stereocenters. The Bertz CT molecular complexity index is 829. The molecule has 1 fully saturated rings. The summed E-state index contributed by atoms with van der Waals surface area (Å²) in [5.74, 6) is 1.06. The van der Waals surface area contributed by atoms with Crippen LogP contribution in [0.15, 0.2) is 30.3 Å². The molecule has 1 saturated heterocycles. The second-order valence-corrected chi connectivity index (χ2v) is 7.10. The van der Waals surface area contributed by atoms with Gasteiger partial charge in [0.05, 0.1) is 31.4 Å². The predicted molar refractivity (Wildman–Crippen MR) is 98.7 cm³/mol. The summed E-state index contributed by atoms with van der Waals surface area (Å²) in [7, 11) is 3.16. The van der Waals surface area contributed by atoms with E-state index >= 15 is 0 Å². The first kappa shape index (κ1) is 17.4. The molecule has 0 bridgehead atoms. The number of rotatable bonds is 3. The summed E-state index contributed by atoms with van der Waals surface area (Å²) >= 11 is 6.42. The number of benzene rings is 2. The van der Waals surface area contributed by atoms with Crippen molar-refractivity contribution in [3.8, 4) is 11.5 Å². The molecule has 26 heavy (non-hydrogen) atoms. The number of hydrogen-bond acceptors (Lipinski definition) is 4. The summed E-state index contributed by atoms with van der Waals surface area (Å²) in [6, 6.07) is 8.66. The van der Waals surface area contributed by atoms with Gasteiger partial charge >= 0.3 is 0 Å². The van der Waals surface area contributed by atoms with Gasteiger partial charge in [0.25, 0.3) is 0 Å². The fourth-order valence-electron chi connectivity index (χ4n) is 4.09. The molecule has 2 aromatic carbocycles. The van der Waals surface area contributed by atoms with Crippen LogP contribution < -0.4 is 14.8 Å². The highest BCUT2D eigenvalue weighted by molar-refractivity contribution is 6.32. The van der Waals surface area contributed by atoms with Crippen LogP contribution in [0.2, 0.25) is 5.02 Å². The molecule has 2 aromatic rings. The maximum absolute atomic E-state index is 13.8. The van der Waals surface area contributed by atoms with Crippen molar-refractivity contribution in [2.24, 2.45) is 5.92 Å². The molecule has 0 radical (unpaired) electrons. The zero-order valence-electron chi connectivity index (χ0n) is 14.7. The fourth-order valence-corrected chi connectivity index (χ4v) is 4.39. The number of methoxy groups -OCH3 is 2. The highest BCUT2D eigenvalue weighted by atomic mass is 35.5. The molecular formula is C20H21ClFNO3. The zero-order valence-corrected chi connectivity index (χ0v) is 15.5.